The fraction of sp³-hybridized carbons (Fsp3) is 0.0435. The average molecular weight is 394 g/mol. The van der Waals surface area contributed by atoms with Crippen LogP contribution >= 0.6 is 6.80 Å². The van der Waals surface area contributed by atoms with Crippen molar-refractivity contribution in [2.75, 3.05) is 7.11 Å². The number of hydrogen-bond acceptors (Lipinski definition) is 3. The van der Waals surface area contributed by atoms with Crippen molar-refractivity contribution in [1.82, 2.24) is 0 Å². The van der Waals surface area contributed by atoms with Crippen LogP contribution in [-0.4, -0.2) is 7.11 Å². The molecule has 0 spiro atoms. The van der Waals surface area contributed by atoms with E-state index in [-0.39, 0.29) is 0 Å². The Kier molecular flexibility index (Phi) is 14.5. The Hall–Kier alpha value is -4.50. The van der Waals surface area contributed by atoms with Gasteiger partial charge < -0.3 is 4.52 Å². The molecule has 0 aromatic carbocycles. The minimum atomic E-state index is -3.79. The molecule has 1 atom stereocenters. The van der Waals surface area contributed by atoms with Crippen molar-refractivity contribution in [3.63, 3.8) is 0 Å². The fourth-order valence-electron chi connectivity index (χ4n) is 0.707. The molecule has 5 heteroatoms. The summed E-state index contributed by atoms with van der Waals surface area (Å²) >= 11 is 4.32. The first kappa shape index (κ1) is 23.5. The summed E-state index contributed by atoms with van der Waals surface area (Å²) in [7, 11) is 1.09. The highest BCUT2D eigenvalue weighted by Gasteiger charge is 2.13. The second-order valence-electron chi connectivity index (χ2n) is 3.33. The lowest BCUT2D eigenvalue weighted by molar-refractivity contribution is 0.340. The zero-order valence-corrected chi connectivity index (χ0v) is 15.8. The quantitative estimate of drug-likeness (QED) is 0.522. The van der Waals surface area contributed by atoms with E-state index in [4.69, 9.17) is 6.42 Å². The molecule has 28 heavy (non-hydrogen) atoms. The molecule has 0 aliphatic rings. The maximum atomic E-state index is 13.0. The van der Waals surface area contributed by atoms with Gasteiger partial charge in [-0.3, -0.25) is 4.52 Å². The van der Waals surface area contributed by atoms with Gasteiger partial charge in [-0.1, -0.05) is 0 Å². The van der Waals surface area contributed by atoms with Crippen LogP contribution in [0.2, 0.25) is 0 Å². The van der Waals surface area contributed by atoms with E-state index in [0.717, 1.165) is 7.11 Å². The minimum absolute atomic E-state index is 1.09. The predicted molar refractivity (Wildman–Crippen MR) is 110 cm³/mol. The Balaban J connectivity index is 4.43. The summed E-state index contributed by atoms with van der Waals surface area (Å²) in [6.07, 6.45) is 6.88. The third kappa shape index (κ3) is 17.8. The van der Waals surface area contributed by atoms with E-state index in [9.17, 15) is 4.20 Å². The lowest BCUT2D eigenvalue weighted by Gasteiger charge is -2.03. The summed E-state index contributed by atoms with van der Waals surface area (Å²) in [6, 6.07) is 0. The van der Waals surface area contributed by atoms with Gasteiger partial charge in [0.25, 0.3) is 0 Å². The Bertz CT molecular complexity index is 1330. The van der Waals surface area contributed by atoms with Crippen LogP contribution in [0.1, 0.15) is 0 Å². The topological polar surface area (TPSA) is 18.5 Å². The largest absolute Gasteiger partial charge is 0.427 e. The smallest absolute Gasteiger partial charge is 0.366 e. The predicted octanol–water partition coefficient (Wildman–Crippen LogP) is 1.47. The molecule has 0 radical (unpaired) electrons. The molecular formula is C23H4FO2PS. The Morgan fingerprint density at radius 2 is 0.893 bits per heavy atom. The molecule has 0 N–H and O–H groups in total. The van der Waals surface area contributed by atoms with E-state index >= 15 is 0 Å². The van der Waals surface area contributed by atoms with Crippen LogP contribution in [0.25, 0.3) is 0 Å². The van der Waals surface area contributed by atoms with Gasteiger partial charge in [0.05, 0.1) is 0 Å². The zero-order chi connectivity index (χ0) is 20.8. The van der Waals surface area contributed by atoms with Crippen LogP contribution in [0.4, 0.5) is 4.20 Å². The minimum Gasteiger partial charge on any atom is -0.366 e. The summed E-state index contributed by atoms with van der Waals surface area (Å²) in [6.45, 7) is -3.79. The molecule has 0 aromatic heterocycles. The van der Waals surface area contributed by atoms with E-state index in [2.05, 4.69) is 139 Å². The first-order chi connectivity index (χ1) is 13.6. The highest BCUT2D eigenvalue weighted by Crippen LogP contribution is 2.48. The van der Waals surface area contributed by atoms with E-state index in [1.165, 1.54) is 0 Å². The van der Waals surface area contributed by atoms with Crippen molar-refractivity contribution < 1.29 is 13.2 Å². The number of rotatable bonds is 2. The van der Waals surface area contributed by atoms with E-state index in [1.54, 1.807) is 0 Å². The van der Waals surface area contributed by atoms with Crippen molar-refractivity contribution in [2.45, 2.75) is 0 Å². The molecule has 0 aliphatic heterocycles. The first-order valence-electron chi connectivity index (χ1n) is 6.62. The van der Waals surface area contributed by atoms with Gasteiger partial charge in [-0.2, -0.15) is 0 Å². The van der Waals surface area contributed by atoms with Crippen LogP contribution in [0.3, 0.4) is 0 Å². The summed E-state index contributed by atoms with van der Waals surface area (Å²) in [5.41, 5.74) is 0. The van der Waals surface area contributed by atoms with Crippen molar-refractivity contribution in [1.29, 1.82) is 0 Å². The zero-order valence-electron chi connectivity index (χ0n) is 14.1. The molecule has 0 heterocycles. The third-order valence-corrected chi connectivity index (χ3v) is 3.04. The highest BCUT2D eigenvalue weighted by molar-refractivity contribution is 8.07. The van der Waals surface area contributed by atoms with Gasteiger partial charge in [-0.25, -0.2) is 0 Å². The lowest BCUT2D eigenvalue weighted by Crippen LogP contribution is -1.78. The van der Waals surface area contributed by atoms with E-state index in [1.807, 2.05) is 6.11 Å². The summed E-state index contributed by atoms with van der Waals surface area (Å²) in [4.78, 5) is 0. The summed E-state index contributed by atoms with van der Waals surface area (Å²) in [5, 5.41) is 0. The molecule has 1 unspecified atom stereocenters. The Labute approximate surface area is 170 Å². The standard InChI is InChI=1S/C23H4FO2PS/c1-3-4-5-6-7-8-9-10-11-12-13-14-15-16-17-18-19-20-21-22-23-26-27(24,28)25-2/h1H,2H3. The van der Waals surface area contributed by atoms with Crippen LogP contribution in [0, 0.1) is 131 Å². The van der Waals surface area contributed by atoms with Crippen molar-refractivity contribution >= 4 is 18.6 Å². The van der Waals surface area contributed by atoms with Gasteiger partial charge >= 0.3 is 6.80 Å². The van der Waals surface area contributed by atoms with Gasteiger partial charge in [0.1, 0.15) is 6.11 Å². The normalized spacial score (nSPS) is 7.46. The van der Waals surface area contributed by atoms with Gasteiger partial charge in [0, 0.05) is 90.0 Å². The van der Waals surface area contributed by atoms with Crippen LogP contribution in [0.5, 0.6) is 0 Å². The first-order valence-corrected chi connectivity index (χ1v) is 9.15. The maximum absolute atomic E-state index is 13.0. The van der Waals surface area contributed by atoms with Crippen molar-refractivity contribution in [3.8, 4) is 131 Å². The SMILES string of the molecule is C#CC#CC#CC#CC#CC#CC#CC#CC#CC#CC#COP(F)(=S)OC. The molecule has 0 aromatic rings. The highest BCUT2D eigenvalue weighted by atomic mass is 32.5. The van der Waals surface area contributed by atoms with Crippen LogP contribution in [-0.2, 0) is 20.9 Å². The third-order valence-electron chi connectivity index (χ3n) is 1.62. The molecule has 126 valence electrons. The van der Waals surface area contributed by atoms with Gasteiger partial charge in [0.2, 0.25) is 0 Å². The monoisotopic (exact) mass is 394 g/mol. The Morgan fingerprint density at radius 3 is 1.18 bits per heavy atom. The second kappa shape index (κ2) is 17.3. The van der Waals surface area contributed by atoms with Crippen molar-refractivity contribution in [2.24, 2.45) is 0 Å². The number of hydrogen-bond donors (Lipinski definition) is 0. The molecule has 0 rings (SSSR count). The van der Waals surface area contributed by atoms with E-state index < -0.39 is 6.80 Å². The van der Waals surface area contributed by atoms with Crippen molar-refractivity contribution in [3.05, 3.63) is 0 Å². The lowest BCUT2D eigenvalue weighted by atomic mass is 10.4. The molecule has 2 nitrogen and oxygen atoms in total. The van der Waals surface area contributed by atoms with E-state index in [0.29, 0.717) is 0 Å². The second-order valence-corrected chi connectivity index (χ2v) is 6.04. The van der Waals surface area contributed by atoms with Gasteiger partial charge in [-0.15, -0.1) is 10.6 Å². The fourth-order valence-corrected chi connectivity index (χ4v) is 1.05. The van der Waals surface area contributed by atoms with Gasteiger partial charge in [-0.05, 0) is 47.4 Å². The Morgan fingerprint density at radius 1 is 0.607 bits per heavy atom. The molecule has 0 aliphatic carbocycles. The van der Waals surface area contributed by atoms with Gasteiger partial charge in [0.15, 0.2) is 0 Å². The summed E-state index contributed by atoms with van der Waals surface area (Å²) < 4.78 is 21.6. The number of halogens is 1. The molecule has 0 fully saturated rings. The molecule has 0 saturated carbocycles. The maximum Gasteiger partial charge on any atom is 0.427 e. The molecule has 0 bridgehead atoms. The van der Waals surface area contributed by atoms with Crippen LogP contribution < -0.4 is 0 Å². The molecule has 0 saturated heterocycles. The average Bonchev–Trinajstić information content (AvgIpc) is 2.69. The van der Waals surface area contributed by atoms with Crippen LogP contribution in [0.15, 0.2) is 0 Å². The molecule has 0 amide bonds. The molecular weight excluding hydrogens is 390 g/mol. The summed E-state index contributed by atoms with van der Waals surface area (Å²) in [5.74, 6) is 47.8. The number of terminal acetylenes is 1.